The lowest BCUT2D eigenvalue weighted by Gasteiger charge is -2.11. The lowest BCUT2D eigenvalue weighted by Crippen LogP contribution is -2.35. The van der Waals surface area contributed by atoms with Gasteiger partial charge in [0.2, 0.25) is 0 Å². The van der Waals surface area contributed by atoms with Crippen molar-refractivity contribution >= 4 is 30.4 Å². The van der Waals surface area contributed by atoms with Crippen LogP contribution in [0.2, 0.25) is 0 Å². The Bertz CT molecular complexity index is 502. The van der Waals surface area contributed by atoms with Gasteiger partial charge in [-0.15, -0.1) is 0 Å². The smallest absolute Gasteiger partial charge is 0.319 e. The van der Waals surface area contributed by atoms with Crippen LogP contribution in [-0.4, -0.2) is 19.0 Å². The van der Waals surface area contributed by atoms with Crippen molar-refractivity contribution in [3.8, 4) is 0 Å². The molecule has 3 N–H and O–H groups in total. The Morgan fingerprint density at radius 2 is 2.11 bits per heavy atom. The monoisotopic (exact) mass is 282 g/mol. The highest BCUT2D eigenvalue weighted by atomic mass is 32.1. The number of rotatable bonds is 5. The lowest BCUT2D eigenvalue weighted by molar-refractivity contribution is -0.114. The fourth-order valence-corrected chi connectivity index (χ4v) is 1.65. The Balaban J connectivity index is 3.16. The number of urea groups is 1. The summed E-state index contributed by atoms with van der Waals surface area (Å²) in [6.45, 7) is 0.199. The maximum Gasteiger partial charge on any atom is 0.319 e. The number of nitrogens with two attached hydrogens (primary N) is 1. The highest BCUT2D eigenvalue weighted by Gasteiger charge is 2.17. The fourth-order valence-electron chi connectivity index (χ4n) is 1.51. The molecule has 0 aliphatic heterocycles. The van der Waals surface area contributed by atoms with E-state index in [1.54, 1.807) is 24.3 Å². The van der Waals surface area contributed by atoms with Crippen LogP contribution in [0.3, 0.4) is 0 Å². The van der Waals surface area contributed by atoms with Gasteiger partial charge in [-0.2, -0.15) is 0 Å². The molecule has 0 atom stereocenters. The Hall–Kier alpha value is -1.99. The molecule has 0 aliphatic rings. The van der Waals surface area contributed by atoms with E-state index in [9.17, 15) is 9.59 Å². The average molecular weight is 282 g/mol. The van der Waals surface area contributed by atoms with Crippen molar-refractivity contribution in [1.82, 2.24) is 5.32 Å². The number of carbonyl (C=O) groups excluding carboxylic acids is 2. The number of imide groups is 1. The number of methoxy groups -OCH3 is 1. The van der Waals surface area contributed by atoms with Crippen molar-refractivity contribution in [2.24, 2.45) is 5.73 Å². The van der Waals surface area contributed by atoms with Crippen molar-refractivity contribution in [1.29, 1.82) is 0 Å². The molecule has 0 radical (unpaired) electrons. The topological polar surface area (TPSA) is 90.6 Å². The van der Waals surface area contributed by atoms with Gasteiger partial charge >= 0.3 is 6.03 Å². The summed E-state index contributed by atoms with van der Waals surface area (Å²) < 4.78 is 9.62. The number of ether oxygens (including phenoxy) is 1. The van der Waals surface area contributed by atoms with Crippen molar-refractivity contribution in [2.45, 2.75) is 6.61 Å². The first-order valence-corrected chi connectivity index (χ1v) is 5.65. The molecule has 6 nitrogen and oxygen atoms in total. The summed E-state index contributed by atoms with van der Waals surface area (Å²) in [7, 11) is 1.40. The summed E-state index contributed by atoms with van der Waals surface area (Å²) in [6.07, 6.45) is 1.23. The quantitative estimate of drug-likeness (QED) is 0.328. The third-order valence-electron chi connectivity index (χ3n) is 2.24. The zero-order valence-corrected chi connectivity index (χ0v) is 11.1. The predicted octanol–water partition coefficient (Wildman–Crippen LogP) is 1.23. The van der Waals surface area contributed by atoms with E-state index in [2.05, 4.69) is 12.9 Å². The van der Waals surface area contributed by atoms with Gasteiger partial charge in [-0.25, -0.2) is 4.79 Å². The highest BCUT2D eigenvalue weighted by Crippen LogP contribution is 2.21. The van der Waals surface area contributed by atoms with Crippen molar-refractivity contribution in [3.05, 3.63) is 41.7 Å². The molecule has 7 heteroatoms. The van der Waals surface area contributed by atoms with Gasteiger partial charge in [0.25, 0.3) is 5.91 Å². The van der Waals surface area contributed by atoms with Crippen LogP contribution in [-0.2, 0) is 20.3 Å². The second kappa shape index (κ2) is 7.45. The number of primary amides is 1. The van der Waals surface area contributed by atoms with Crippen molar-refractivity contribution in [3.63, 3.8) is 0 Å². The molecule has 0 aliphatic carbocycles. The second-order valence-corrected chi connectivity index (χ2v) is 3.77. The molecule has 0 unspecified atom stereocenters. The Kier molecular flexibility index (Phi) is 5.91. The molecule has 0 saturated carbocycles. The van der Waals surface area contributed by atoms with Gasteiger partial charge in [0.05, 0.1) is 25.6 Å². The molecule has 0 aromatic heterocycles. The highest BCUT2D eigenvalue weighted by molar-refractivity contribution is 7.75. The largest absolute Gasteiger partial charge is 0.504 e. The van der Waals surface area contributed by atoms with Crippen LogP contribution in [0, 0.1) is 0 Å². The normalized spacial score (nSPS) is 10.9. The minimum Gasteiger partial charge on any atom is -0.504 e. The van der Waals surface area contributed by atoms with Gasteiger partial charge in [-0.05, 0) is 24.0 Å². The summed E-state index contributed by atoms with van der Waals surface area (Å²) in [5, 5.41) is 1.99. The van der Waals surface area contributed by atoms with Crippen LogP contribution >= 0.6 is 12.9 Å². The maximum atomic E-state index is 11.9. The van der Waals surface area contributed by atoms with Crippen LogP contribution in [0.25, 0.3) is 5.57 Å². The van der Waals surface area contributed by atoms with Gasteiger partial charge < -0.3 is 14.7 Å². The number of hydrogen-bond donors (Lipinski definition) is 3. The van der Waals surface area contributed by atoms with E-state index >= 15 is 0 Å². The molecule has 102 valence electrons. The summed E-state index contributed by atoms with van der Waals surface area (Å²) in [5.41, 5.74) is 6.38. The van der Waals surface area contributed by atoms with Crippen molar-refractivity contribution in [2.75, 3.05) is 7.11 Å². The average Bonchev–Trinajstić information content (AvgIpc) is 2.36. The van der Waals surface area contributed by atoms with Crippen molar-refractivity contribution < 1.29 is 18.5 Å². The summed E-state index contributed by atoms with van der Waals surface area (Å²) in [4.78, 5) is 22.6. The van der Waals surface area contributed by atoms with Gasteiger partial charge in [0.1, 0.15) is 0 Å². The number of thiol groups is 1. The van der Waals surface area contributed by atoms with E-state index in [4.69, 9.17) is 14.7 Å². The van der Waals surface area contributed by atoms with Gasteiger partial charge in [0, 0.05) is 0 Å². The second-order valence-electron chi connectivity index (χ2n) is 3.52. The summed E-state index contributed by atoms with van der Waals surface area (Å²) in [5.74, 6) is -0.652. The molecule has 1 rings (SSSR count). The SMILES string of the molecule is CO/C=C(/C(=O)NC(N)=O)c1ccccc1COS. The number of carbonyl (C=O) groups is 2. The van der Waals surface area contributed by atoms with Crippen LogP contribution < -0.4 is 11.1 Å². The first-order chi connectivity index (χ1) is 9.10. The first kappa shape index (κ1) is 15.1. The van der Waals surface area contributed by atoms with Crippen LogP contribution in [0.5, 0.6) is 0 Å². The van der Waals surface area contributed by atoms with Gasteiger partial charge in [-0.1, -0.05) is 24.3 Å². The Morgan fingerprint density at radius 3 is 2.68 bits per heavy atom. The Morgan fingerprint density at radius 1 is 1.42 bits per heavy atom. The molecule has 1 aromatic carbocycles. The van der Waals surface area contributed by atoms with Crippen LogP contribution in [0.15, 0.2) is 30.5 Å². The van der Waals surface area contributed by atoms with Gasteiger partial charge in [-0.3, -0.25) is 10.1 Å². The van der Waals surface area contributed by atoms with E-state index in [0.717, 1.165) is 5.56 Å². The van der Waals surface area contributed by atoms with E-state index in [-0.39, 0.29) is 12.2 Å². The molecule has 19 heavy (non-hydrogen) atoms. The summed E-state index contributed by atoms with van der Waals surface area (Å²) >= 11 is 3.68. The Labute approximate surface area is 116 Å². The molecular formula is C12H14N2O4S. The number of benzene rings is 1. The zero-order chi connectivity index (χ0) is 14.3. The lowest BCUT2D eigenvalue weighted by atomic mass is 10.0. The number of hydrogen-bond acceptors (Lipinski definition) is 5. The number of nitrogens with one attached hydrogen (secondary N) is 1. The van der Waals surface area contributed by atoms with E-state index in [0.29, 0.717) is 5.56 Å². The fraction of sp³-hybridized carbons (Fsp3) is 0.167. The van der Waals surface area contributed by atoms with Crippen LogP contribution in [0.1, 0.15) is 11.1 Å². The van der Waals surface area contributed by atoms with Gasteiger partial charge in [0.15, 0.2) is 0 Å². The van der Waals surface area contributed by atoms with E-state index in [1.807, 2.05) is 5.32 Å². The molecule has 1 aromatic rings. The minimum atomic E-state index is -0.935. The first-order valence-electron chi connectivity index (χ1n) is 5.28. The molecule has 0 heterocycles. The number of amides is 3. The molecule has 0 bridgehead atoms. The van der Waals surface area contributed by atoms with Crippen LogP contribution in [0.4, 0.5) is 4.79 Å². The summed E-state index contributed by atoms with van der Waals surface area (Å²) in [6, 6.07) is 6.08. The third-order valence-corrected chi connectivity index (χ3v) is 2.37. The van der Waals surface area contributed by atoms with E-state index in [1.165, 1.54) is 13.4 Å². The molecule has 3 amide bonds. The third kappa shape index (κ3) is 4.31. The molecule has 0 fully saturated rings. The maximum absolute atomic E-state index is 11.9. The molecule has 0 saturated heterocycles. The zero-order valence-electron chi connectivity index (χ0n) is 10.3. The molecular weight excluding hydrogens is 268 g/mol. The predicted molar refractivity (Wildman–Crippen MR) is 72.9 cm³/mol. The molecule has 0 spiro atoms. The minimum absolute atomic E-state index is 0.169. The van der Waals surface area contributed by atoms with E-state index < -0.39 is 11.9 Å². The standard InChI is InChI=1S/C12H14N2O4S/c1-17-7-10(11(15)14-12(13)16)9-5-3-2-4-8(9)6-18-19/h2-5,7,19H,6H2,1H3,(H3,13,14,15,16)/b10-7+.